The quantitative estimate of drug-likeness (QED) is 0.644. The second-order valence-corrected chi connectivity index (χ2v) is 5.14. The molecule has 1 heterocycles. The largest absolute Gasteiger partial charge is 0.398 e. The van der Waals surface area contributed by atoms with Crippen LogP contribution in [0, 0.1) is 5.82 Å². The Labute approximate surface area is 122 Å². The molecule has 2 aromatic rings. The number of halogens is 2. The fraction of sp³-hybridized carbons (Fsp3) is 0. The minimum Gasteiger partial charge on any atom is -0.398 e. The van der Waals surface area contributed by atoms with E-state index in [0.29, 0.717) is 4.47 Å². The van der Waals surface area contributed by atoms with Crippen LogP contribution in [0.25, 0.3) is 0 Å². The summed E-state index contributed by atoms with van der Waals surface area (Å²) in [5.41, 5.74) is 6.14. The fourth-order valence-electron chi connectivity index (χ4n) is 2.22. The van der Waals surface area contributed by atoms with Gasteiger partial charge < -0.3 is 5.73 Å². The fourth-order valence-corrected chi connectivity index (χ4v) is 2.74. The maximum Gasteiger partial charge on any atom is 0.268 e. The molecule has 0 spiro atoms. The number of anilines is 2. The molecular formula is C14H8BrFN2O2. The molecular weight excluding hydrogens is 327 g/mol. The molecule has 2 aromatic carbocycles. The lowest BCUT2D eigenvalue weighted by Gasteiger charge is -2.16. The van der Waals surface area contributed by atoms with E-state index in [2.05, 4.69) is 15.9 Å². The van der Waals surface area contributed by atoms with E-state index in [0.717, 1.165) is 4.90 Å². The van der Waals surface area contributed by atoms with Gasteiger partial charge in [0, 0.05) is 10.2 Å². The normalized spacial score (nSPS) is 13.8. The van der Waals surface area contributed by atoms with Gasteiger partial charge in [0.15, 0.2) is 0 Å². The van der Waals surface area contributed by atoms with E-state index in [-0.39, 0.29) is 22.5 Å². The zero-order valence-electron chi connectivity index (χ0n) is 10.1. The van der Waals surface area contributed by atoms with Gasteiger partial charge in [0.2, 0.25) is 0 Å². The molecule has 1 aliphatic rings. The Hall–Kier alpha value is -2.21. The summed E-state index contributed by atoms with van der Waals surface area (Å²) in [5, 5.41) is 0. The van der Waals surface area contributed by atoms with E-state index >= 15 is 0 Å². The molecule has 0 aliphatic carbocycles. The number of amides is 2. The van der Waals surface area contributed by atoms with Crippen LogP contribution < -0.4 is 10.6 Å². The third kappa shape index (κ3) is 1.65. The molecule has 3 rings (SSSR count). The van der Waals surface area contributed by atoms with E-state index in [9.17, 15) is 14.0 Å². The molecule has 100 valence electrons. The molecule has 0 fully saturated rings. The number of benzene rings is 2. The van der Waals surface area contributed by atoms with Gasteiger partial charge >= 0.3 is 0 Å². The predicted octanol–water partition coefficient (Wildman–Crippen LogP) is 2.97. The number of hydrogen-bond acceptors (Lipinski definition) is 3. The van der Waals surface area contributed by atoms with E-state index in [1.807, 2.05) is 0 Å². The maximum absolute atomic E-state index is 14.0. The number of rotatable bonds is 1. The zero-order chi connectivity index (χ0) is 14.4. The first-order valence-electron chi connectivity index (χ1n) is 5.73. The lowest BCUT2D eigenvalue weighted by Crippen LogP contribution is -2.30. The number of nitrogens with zero attached hydrogens (tertiary/aromatic N) is 1. The highest BCUT2D eigenvalue weighted by Gasteiger charge is 2.40. The Balaban J connectivity index is 2.23. The number of carbonyl (C=O) groups is 2. The minimum atomic E-state index is -0.660. The average molecular weight is 335 g/mol. The Morgan fingerprint density at radius 3 is 2.40 bits per heavy atom. The van der Waals surface area contributed by atoms with Crippen molar-refractivity contribution >= 4 is 39.1 Å². The van der Waals surface area contributed by atoms with Crippen molar-refractivity contribution in [3.05, 3.63) is 57.8 Å². The lowest BCUT2D eigenvalue weighted by molar-refractivity contribution is 0.0925. The van der Waals surface area contributed by atoms with Gasteiger partial charge in [-0.25, -0.2) is 9.29 Å². The summed E-state index contributed by atoms with van der Waals surface area (Å²) in [6.07, 6.45) is 0. The third-order valence-corrected chi connectivity index (χ3v) is 3.75. The second-order valence-electron chi connectivity index (χ2n) is 4.29. The van der Waals surface area contributed by atoms with Crippen molar-refractivity contribution in [3.63, 3.8) is 0 Å². The molecule has 0 radical (unpaired) electrons. The number of hydrogen-bond donors (Lipinski definition) is 1. The van der Waals surface area contributed by atoms with Crippen LogP contribution in [0.2, 0.25) is 0 Å². The number of para-hydroxylation sites is 1. The number of nitrogens with two attached hydrogens (primary N) is 1. The summed E-state index contributed by atoms with van der Waals surface area (Å²) in [5.74, 6) is -1.86. The van der Waals surface area contributed by atoms with E-state index in [1.165, 1.54) is 24.3 Å². The van der Waals surface area contributed by atoms with Crippen LogP contribution in [-0.2, 0) is 0 Å². The van der Waals surface area contributed by atoms with Gasteiger partial charge in [-0.15, -0.1) is 0 Å². The van der Waals surface area contributed by atoms with Crippen molar-refractivity contribution in [1.82, 2.24) is 0 Å². The van der Waals surface area contributed by atoms with Gasteiger partial charge in [0.25, 0.3) is 11.8 Å². The van der Waals surface area contributed by atoms with E-state index in [1.54, 1.807) is 12.1 Å². The summed E-state index contributed by atoms with van der Waals surface area (Å²) < 4.78 is 14.3. The first-order valence-corrected chi connectivity index (χ1v) is 6.53. The summed E-state index contributed by atoms with van der Waals surface area (Å²) in [7, 11) is 0. The molecule has 2 amide bonds. The van der Waals surface area contributed by atoms with Crippen molar-refractivity contribution in [2.75, 3.05) is 10.6 Å². The molecule has 0 saturated heterocycles. The molecule has 6 heteroatoms. The monoisotopic (exact) mass is 334 g/mol. The summed E-state index contributed by atoms with van der Waals surface area (Å²) >= 11 is 3.16. The Bertz CT molecular complexity index is 741. The van der Waals surface area contributed by atoms with Crippen LogP contribution in [0.3, 0.4) is 0 Å². The summed E-state index contributed by atoms with van der Waals surface area (Å²) in [4.78, 5) is 25.5. The number of carbonyl (C=O) groups excluding carboxylic acids is 2. The van der Waals surface area contributed by atoms with Crippen molar-refractivity contribution in [1.29, 1.82) is 0 Å². The van der Waals surface area contributed by atoms with E-state index < -0.39 is 17.6 Å². The van der Waals surface area contributed by atoms with Gasteiger partial charge in [-0.3, -0.25) is 9.59 Å². The van der Waals surface area contributed by atoms with Crippen LogP contribution in [0.4, 0.5) is 15.8 Å². The van der Waals surface area contributed by atoms with Crippen LogP contribution in [0.15, 0.2) is 40.9 Å². The number of imide groups is 1. The minimum absolute atomic E-state index is 0.0990. The number of fused-ring (bicyclic) bond motifs is 1. The highest BCUT2D eigenvalue weighted by molar-refractivity contribution is 9.10. The van der Waals surface area contributed by atoms with Crippen LogP contribution in [-0.4, -0.2) is 11.8 Å². The van der Waals surface area contributed by atoms with Crippen LogP contribution in [0.1, 0.15) is 20.7 Å². The van der Waals surface area contributed by atoms with Crippen LogP contribution >= 0.6 is 15.9 Å². The molecule has 4 nitrogen and oxygen atoms in total. The maximum atomic E-state index is 14.0. The predicted molar refractivity (Wildman–Crippen MR) is 76.1 cm³/mol. The van der Waals surface area contributed by atoms with Crippen molar-refractivity contribution in [2.45, 2.75) is 0 Å². The van der Waals surface area contributed by atoms with Gasteiger partial charge in [-0.2, -0.15) is 0 Å². The Morgan fingerprint density at radius 1 is 1.05 bits per heavy atom. The lowest BCUT2D eigenvalue weighted by atomic mass is 10.1. The molecule has 20 heavy (non-hydrogen) atoms. The molecule has 0 atom stereocenters. The Kier molecular flexibility index (Phi) is 2.83. The molecule has 0 saturated carbocycles. The SMILES string of the molecule is Nc1cccc2c1C(=O)N(c1c(F)cccc1Br)C2=O. The highest BCUT2D eigenvalue weighted by atomic mass is 79.9. The standard InChI is InChI=1S/C14H8BrFN2O2/c15-8-4-2-5-9(16)12(8)18-13(19)7-3-1-6-10(17)11(7)14(18)20/h1-6H,17H2. The van der Waals surface area contributed by atoms with E-state index in [4.69, 9.17) is 5.73 Å². The van der Waals surface area contributed by atoms with Crippen molar-refractivity contribution < 1.29 is 14.0 Å². The smallest absolute Gasteiger partial charge is 0.268 e. The third-order valence-electron chi connectivity index (χ3n) is 3.11. The number of nitrogen functional groups attached to an aromatic ring is 1. The first kappa shape index (κ1) is 12.8. The molecule has 0 aromatic heterocycles. The molecule has 2 N–H and O–H groups in total. The first-order chi connectivity index (χ1) is 9.52. The second kappa shape index (κ2) is 4.42. The highest BCUT2D eigenvalue weighted by Crippen LogP contribution is 2.36. The molecule has 1 aliphatic heterocycles. The molecule has 0 unspecified atom stereocenters. The van der Waals surface area contributed by atoms with Crippen LogP contribution in [0.5, 0.6) is 0 Å². The van der Waals surface area contributed by atoms with Gasteiger partial charge in [-0.05, 0) is 40.2 Å². The van der Waals surface area contributed by atoms with Gasteiger partial charge in [0.05, 0.1) is 11.1 Å². The summed E-state index contributed by atoms with van der Waals surface area (Å²) in [6.45, 7) is 0. The van der Waals surface area contributed by atoms with Gasteiger partial charge in [-0.1, -0.05) is 12.1 Å². The van der Waals surface area contributed by atoms with Crippen molar-refractivity contribution in [2.24, 2.45) is 0 Å². The zero-order valence-corrected chi connectivity index (χ0v) is 11.6. The van der Waals surface area contributed by atoms with Crippen molar-refractivity contribution in [3.8, 4) is 0 Å². The summed E-state index contributed by atoms with van der Waals surface area (Å²) in [6, 6.07) is 8.84. The molecule has 0 bridgehead atoms. The average Bonchev–Trinajstić information content (AvgIpc) is 2.65. The van der Waals surface area contributed by atoms with Gasteiger partial charge in [0.1, 0.15) is 11.5 Å². The topological polar surface area (TPSA) is 63.4 Å². The Morgan fingerprint density at radius 2 is 1.75 bits per heavy atom.